The first-order valence-corrected chi connectivity index (χ1v) is 17.8. The number of nitrogens with zero attached hydrogens (tertiary/aromatic N) is 1. The molecule has 0 fully saturated rings. The fraction of sp³-hybridized carbons (Fsp3) is 0.0204. The number of rotatable bonds is 3. The highest BCUT2D eigenvalue weighted by atomic mass is 16.5. The van der Waals surface area contributed by atoms with Gasteiger partial charge in [0.1, 0.15) is 23.0 Å². The van der Waals surface area contributed by atoms with Crippen LogP contribution in [0.5, 0.6) is 23.0 Å². The van der Waals surface area contributed by atoms with Crippen LogP contribution in [0.3, 0.4) is 0 Å². The SMILES string of the molecule is c1ccc(-c2ccc3c(c2)Oc2ccccc2C32c3ccccc3Oc3c(-c4cccc5c4c4ccccc4n5-c4ccccc4)cccc32)cc1. The Kier molecular flexibility index (Phi) is 6.17. The largest absolute Gasteiger partial charge is 0.457 e. The quantitative estimate of drug-likeness (QED) is 0.187. The fourth-order valence-electron chi connectivity index (χ4n) is 8.81. The predicted octanol–water partition coefficient (Wildman–Crippen LogP) is 12.7. The number of hydrogen-bond donors (Lipinski definition) is 0. The minimum Gasteiger partial charge on any atom is -0.457 e. The van der Waals surface area contributed by atoms with Crippen LogP contribution in [0.2, 0.25) is 0 Å². The summed E-state index contributed by atoms with van der Waals surface area (Å²) in [5.74, 6) is 3.40. The van der Waals surface area contributed by atoms with Crippen LogP contribution in [-0.2, 0) is 5.41 Å². The number of fused-ring (bicyclic) bond motifs is 11. The van der Waals surface area contributed by atoms with Gasteiger partial charge in [-0.05, 0) is 59.2 Å². The smallest absolute Gasteiger partial charge is 0.140 e. The van der Waals surface area contributed by atoms with Crippen LogP contribution in [-0.4, -0.2) is 4.57 Å². The minimum atomic E-state index is -0.689. The highest BCUT2D eigenvalue weighted by Crippen LogP contribution is 2.63. The Bertz CT molecular complexity index is 2840. The van der Waals surface area contributed by atoms with Gasteiger partial charge in [-0.25, -0.2) is 0 Å². The van der Waals surface area contributed by atoms with E-state index in [0.29, 0.717) is 0 Å². The predicted molar refractivity (Wildman–Crippen MR) is 210 cm³/mol. The summed E-state index contributed by atoms with van der Waals surface area (Å²) in [5.41, 5.74) is 11.6. The third-order valence-corrected chi connectivity index (χ3v) is 10.9. The lowest BCUT2D eigenvalue weighted by Gasteiger charge is -2.45. The van der Waals surface area contributed by atoms with Crippen molar-refractivity contribution in [1.29, 1.82) is 0 Å². The van der Waals surface area contributed by atoms with Crippen LogP contribution >= 0.6 is 0 Å². The number of benzene rings is 8. The Morgan fingerprint density at radius 3 is 1.79 bits per heavy atom. The third-order valence-electron chi connectivity index (χ3n) is 10.9. The average molecular weight is 666 g/mol. The minimum absolute atomic E-state index is 0.689. The van der Waals surface area contributed by atoms with E-state index in [1.165, 1.54) is 16.3 Å². The Hall–Kier alpha value is -6.84. The molecule has 0 saturated carbocycles. The van der Waals surface area contributed by atoms with Crippen molar-refractivity contribution >= 4 is 21.8 Å². The molecule has 2 aliphatic rings. The molecule has 1 spiro atoms. The van der Waals surface area contributed by atoms with Crippen molar-refractivity contribution in [1.82, 2.24) is 4.57 Å². The van der Waals surface area contributed by atoms with Gasteiger partial charge < -0.3 is 14.0 Å². The standard InChI is InChI=1S/C49H31NO2/c1-3-15-32(16-4-1)33-29-30-40-46(31-33)51-44-27-11-8-22-38(44)49(40)39-23-9-12-28-45(39)52-48-36(21-13-24-41(48)49)35-20-14-26-43-47(35)37-19-7-10-25-42(37)50(43)34-17-5-2-6-18-34/h1-31H. The number of hydrogen-bond acceptors (Lipinski definition) is 2. The summed E-state index contributed by atoms with van der Waals surface area (Å²) < 4.78 is 16.3. The Morgan fingerprint density at radius 1 is 0.385 bits per heavy atom. The van der Waals surface area contributed by atoms with Crippen LogP contribution in [0.4, 0.5) is 0 Å². The molecule has 52 heavy (non-hydrogen) atoms. The van der Waals surface area contributed by atoms with Crippen molar-refractivity contribution in [2.45, 2.75) is 5.41 Å². The Morgan fingerprint density at radius 2 is 0.981 bits per heavy atom. The van der Waals surface area contributed by atoms with E-state index in [2.05, 4.69) is 193 Å². The summed E-state index contributed by atoms with van der Waals surface area (Å²) in [5, 5.41) is 2.41. The number of aromatic nitrogens is 1. The lowest BCUT2D eigenvalue weighted by atomic mass is 9.62. The van der Waals surface area contributed by atoms with E-state index in [4.69, 9.17) is 9.47 Å². The van der Waals surface area contributed by atoms with Crippen molar-refractivity contribution < 1.29 is 9.47 Å². The first kappa shape index (κ1) is 28.9. The molecule has 0 N–H and O–H groups in total. The van der Waals surface area contributed by atoms with Gasteiger partial charge in [-0.3, -0.25) is 0 Å². The van der Waals surface area contributed by atoms with Crippen LogP contribution in [0.25, 0.3) is 49.7 Å². The van der Waals surface area contributed by atoms with E-state index in [1.807, 2.05) is 0 Å². The van der Waals surface area contributed by atoms with Crippen LogP contribution < -0.4 is 9.47 Å². The maximum Gasteiger partial charge on any atom is 0.140 e. The zero-order valence-electron chi connectivity index (χ0n) is 28.2. The summed E-state index contributed by atoms with van der Waals surface area (Å²) in [7, 11) is 0. The molecule has 0 radical (unpaired) electrons. The Labute approximate surface area is 301 Å². The van der Waals surface area contributed by atoms with Gasteiger partial charge >= 0.3 is 0 Å². The zero-order valence-corrected chi connectivity index (χ0v) is 28.2. The summed E-state index contributed by atoms with van der Waals surface area (Å²) in [6.45, 7) is 0. The fourth-order valence-corrected chi connectivity index (χ4v) is 8.81. The zero-order chi connectivity index (χ0) is 34.2. The van der Waals surface area contributed by atoms with Crippen LogP contribution in [0.15, 0.2) is 188 Å². The molecular formula is C49H31NO2. The Balaban J connectivity index is 1.23. The maximum absolute atomic E-state index is 7.12. The maximum atomic E-state index is 7.12. The van der Waals surface area contributed by atoms with Gasteiger partial charge in [0.25, 0.3) is 0 Å². The van der Waals surface area contributed by atoms with Gasteiger partial charge in [-0.1, -0.05) is 146 Å². The molecule has 1 atom stereocenters. The second-order valence-electron chi connectivity index (χ2n) is 13.6. The molecule has 244 valence electrons. The molecule has 0 aliphatic carbocycles. The third kappa shape index (κ3) is 3.96. The van der Waals surface area contributed by atoms with Crippen LogP contribution in [0, 0.1) is 0 Å². The molecule has 0 saturated heterocycles. The van der Waals surface area contributed by atoms with Gasteiger partial charge in [-0.15, -0.1) is 0 Å². The molecule has 3 heterocycles. The van der Waals surface area contributed by atoms with E-state index < -0.39 is 5.41 Å². The molecule has 8 aromatic carbocycles. The highest BCUT2D eigenvalue weighted by Gasteiger charge is 2.51. The monoisotopic (exact) mass is 665 g/mol. The lowest BCUT2D eigenvalue weighted by Crippen LogP contribution is -2.37. The van der Waals surface area contributed by atoms with Gasteiger partial charge in [0.2, 0.25) is 0 Å². The molecular weight excluding hydrogens is 635 g/mol. The van der Waals surface area contributed by atoms with Crippen molar-refractivity contribution in [3.05, 3.63) is 210 Å². The molecule has 0 amide bonds. The second-order valence-corrected chi connectivity index (χ2v) is 13.6. The summed E-state index contributed by atoms with van der Waals surface area (Å²) in [6.07, 6.45) is 0. The van der Waals surface area contributed by atoms with Crippen molar-refractivity contribution in [3.8, 4) is 50.9 Å². The second kappa shape index (κ2) is 11.1. The summed E-state index contributed by atoms with van der Waals surface area (Å²) in [4.78, 5) is 0. The highest BCUT2D eigenvalue weighted by molar-refractivity contribution is 6.16. The van der Waals surface area contributed by atoms with E-state index in [-0.39, 0.29) is 0 Å². The normalized spacial score (nSPS) is 15.3. The molecule has 2 aliphatic heterocycles. The van der Waals surface area contributed by atoms with E-state index in [1.54, 1.807) is 0 Å². The molecule has 0 bridgehead atoms. The van der Waals surface area contributed by atoms with Crippen molar-refractivity contribution in [3.63, 3.8) is 0 Å². The number of ether oxygens (including phenoxy) is 2. The van der Waals surface area contributed by atoms with E-state index in [0.717, 1.165) is 78.7 Å². The molecule has 3 nitrogen and oxygen atoms in total. The first-order valence-electron chi connectivity index (χ1n) is 17.8. The lowest BCUT2D eigenvalue weighted by molar-refractivity contribution is 0.400. The first-order chi connectivity index (χ1) is 25.8. The summed E-state index contributed by atoms with van der Waals surface area (Å²) in [6, 6.07) is 66.8. The number of para-hydroxylation sites is 5. The van der Waals surface area contributed by atoms with Gasteiger partial charge in [0.05, 0.1) is 16.4 Å². The molecule has 9 aromatic rings. The molecule has 11 rings (SSSR count). The summed E-state index contributed by atoms with van der Waals surface area (Å²) >= 11 is 0. The molecule has 3 heteroatoms. The van der Waals surface area contributed by atoms with Gasteiger partial charge in [0, 0.05) is 44.3 Å². The van der Waals surface area contributed by atoms with E-state index >= 15 is 0 Å². The van der Waals surface area contributed by atoms with Crippen molar-refractivity contribution in [2.75, 3.05) is 0 Å². The topological polar surface area (TPSA) is 23.4 Å². The molecule has 1 unspecified atom stereocenters. The van der Waals surface area contributed by atoms with Gasteiger partial charge in [0.15, 0.2) is 0 Å². The average Bonchev–Trinajstić information content (AvgIpc) is 3.56. The van der Waals surface area contributed by atoms with Gasteiger partial charge in [-0.2, -0.15) is 0 Å². The van der Waals surface area contributed by atoms with Crippen molar-refractivity contribution in [2.24, 2.45) is 0 Å². The van der Waals surface area contributed by atoms with Crippen LogP contribution in [0.1, 0.15) is 22.3 Å². The molecule has 1 aromatic heterocycles. The van der Waals surface area contributed by atoms with E-state index in [9.17, 15) is 0 Å².